The van der Waals surface area contributed by atoms with Crippen LogP contribution < -0.4 is 5.32 Å². The largest absolute Gasteiger partial charge is 0.384 e. The second kappa shape index (κ2) is 14.4. The highest BCUT2D eigenvalue weighted by Gasteiger charge is 2.27. The standard InChI is InChI=1S/C30H35BrN6O/c1-21(16-32)25-9-5-10-26(15-25)30(38)37-13-7-11-27(20-37)29(36-23(3)28(31)19-33-4)14-22(2)35-18-24-8-6-12-34-17-24/h5-6,8-10,12,14-15,17,19,21,27,35H,7,11,13,18,20H2,1-4H3/b22-14+,28-23-,33-19?,36-29+. The SMILES string of the molecule is CN=C/C(Br)=C(C)/N=C(\C=C(/C)NCc1cccnc1)C1CCCN(C(=O)c2cccc(C(C)C#N)c2)C1. The predicted octanol–water partition coefficient (Wildman–Crippen LogP) is 6.02. The van der Waals surface area contributed by atoms with E-state index < -0.39 is 0 Å². The molecule has 1 aliphatic rings. The maximum absolute atomic E-state index is 13.5. The first-order chi connectivity index (χ1) is 18.3. The number of carbonyl (C=O) groups excluding carboxylic acids is 1. The zero-order valence-electron chi connectivity index (χ0n) is 22.5. The number of pyridine rings is 1. The fourth-order valence-electron chi connectivity index (χ4n) is 4.31. The molecule has 0 saturated carbocycles. The van der Waals surface area contributed by atoms with Crippen molar-refractivity contribution in [1.82, 2.24) is 15.2 Å². The van der Waals surface area contributed by atoms with Gasteiger partial charge in [0.1, 0.15) is 0 Å². The topological polar surface area (TPSA) is 93.7 Å². The average molecular weight is 576 g/mol. The van der Waals surface area contributed by atoms with E-state index in [-0.39, 0.29) is 17.7 Å². The third-order valence-corrected chi connectivity index (χ3v) is 7.28. The molecule has 1 N–H and O–H groups in total. The monoisotopic (exact) mass is 574 g/mol. The van der Waals surface area contributed by atoms with Gasteiger partial charge in [0.15, 0.2) is 0 Å². The van der Waals surface area contributed by atoms with Gasteiger partial charge in [-0.05, 0) is 84.9 Å². The molecule has 1 fully saturated rings. The van der Waals surface area contributed by atoms with Crippen molar-refractivity contribution in [2.75, 3.05) is 20.1 Å². The Bertz CT molecular complexity index is 1280. The molecule has 0 radical (unpaired) electrons. The molecule has 0 aliphatic carbocycles. The highest BCUT2D eigenvalue weighted by Crippen LogP contribution is 2.24. The van der Waals surface area contributed by atoms with Crippen LogP contribution in [-0.2, 0) is 6.54 Å². The van der Waals surface area contributed by atoms with Gasteiger partial charge in [-0.15, -0.1) is 0 Å². The molecular weight excluding hydrogens is 540 g/mol. The number of piperidine rings is 1. The zero-order valence-corrected chi connectivity index (χ0v) is 24.1. The molecule has 7 nitrogen and oxygen atoms in total. The molecule has 3 rings (SSSR count). The summed E-state index contributed by atoms with van der Waals surface area (Å²) in [7, 11) is 1.72. The van der Waals surface area contributed by atoms with E-state index in [1.54, 1.807) is 19.5 Å². The second-order valence-corrected chi connectivity index (χ2v) is 10.3. The van der Waals surface area contributed by atoms with Crippen LogP contribution in [0.5, 0.6) is 0 Å². The van der Waals surface area contributed by atoms with E-state index >= 15 is 0 Å². The summed E-state index contributed by atoms with van der Waals surface area (Å²) < 4.78 is 0.819. The van der Waals surface area contributed by atoms with E-state index in [1.165, 1.54) is 0 Å². The number of hydrogen-bond donors (Lipinski definition) is 1. The van der Waals surface area contributed by atoms with Gasteiger partial charge in [-0.25, -0.2) is 0 Å². The molecule has 198 valence electrons. The first kappa shape index (κ1) is 29.0. The molecule has 2 aromatic rings. The van der Waals surface area contributed by atoms with Crippen LogP contribution in [0.1, 0.15) is 61.0 Å². The normalized spacial score (nSPS) is 18.1. The highest BCUT2D eigenvalue weighted by molar-refractivity contribution is 9.12. The lowest BCUT2D eigenvalue weighted by Gasteiger charge is -2.33. The summed E-state index contributed by atoms with van der Waals surface area (Å²) in [6.45, 7) is 7.76. The molecule has 38 heavy (non-hydrogen) atoms. The second-order valence-electron chi connectivity index (χ2n) is 9.47. The lowest BCUT2D eigenvalue weighted by molar-refractivity contribution is 0.0703. The summed E-state index contributed by atoms with van der Waals surface area (Å²) in [5, 5.41) is 12.8. The molecule has 2 unspecified atom stereocenters. The van der Waals surface area contributed by atoms with E-state index in [0.717, 1.165) is 45.6 Å². The number of rotatable bonds is 9. The summed E-state index contributed by atoms with van der Waals surface area (Å²) >= 11 is 3.57. The van der Waals surface area contributed by atoms with Crippen molar-refractivity contribution in [3.63, 3.8) is 0 Å². The number of halogens is 1. The number of hydrogen-bond acceptors (Lipinski definition) is 6. The van der Waals surface area contributed by atoms with Crippen LogP contribution >= 0.6 is 15.9 Å². The first-order valence-corrected chi connectivity index (χ1v) is 13.6. The molecule has 1 saturated heterocycles. The van der Waals surface area contributed by atoms with Gasteiger partial charge in [0, 0.05) is 68.2 Å². The maximum Gasteiger partial charge on any atom is 0.253 e. The van der Waals surface area contributed by atoms with E-state index in [9.17, 15) is 10.1 Å². The van der Waals surface area contributed by atoms with Crippen LogP contribution in [0.25, 0.3) is 0 Å². The summed E-state index contributed by atoms with van der Waals surface area (Å²) in [4.78, 5) is 28.6. The van der Waals surface area contributed by atoms with Gasteiger partial charge >= 0.3 is 0 Å². The van der Waals surface area contributed by atoms with Crippen LogP contribution in [0.15, 0.2) is 80.7 Å². The lowest BCUT2D eigenvalue weighted by atomic mass is 9.91. The summed E-state index contributed by atoms with van der Waals surface area (Å²) in [5.41, 5.74) is 5.30. The average Bonchev–Trinajstić information content (AvgIpc) is 2.95. The molecule has 1 aromatic heterocycles. The number of carbonyl (C=O) groups is 1. The Morgan fingerprint density at radius 3 is 2.87 bits per heavy atom. The number of aromatic nitrogens is 1. The molecule has 0 bridgehead atoms. The van der Waals surface area contributed by atoms with Gasteiger partial charge in [-0.2, -0.15) is 5.26 Å². The third-order valence-electron chi connectivity index (χ3n) is 6.50. The fourth-order valence-corrected chi connectivity index (χ4v) is 4.61. The van der Waals surface area contributed by atoms with E-state index in [4.69, 9.17) is 4.99 Å². The van der Waals surface area contributed by atoms with Crippen LogP contribution in [0.2, 0.25) is 0 Å². The molecule has 8 heteroatoms. The Morgan fingerprint density at radius 2 is 2.16 bits per heavy atom. The molecule has 1 aromatic carbocycles. The summed E-state index contributed by atoms with van der Waals surface area (Å²) in [6.07, 6.45) is 9.25. The lowest BCUT2D eigenvalue weighted by Crippen LogP contribution is -2.42. The number of benzene rings is 1. The fraction of sp³-hybridized carbons (Fsp3) is 0.367. The van der Waals surface area contributed by atoms with Gasteiger partial charge in [0.05, 0.1) is 22.2 Å². The van der Waals surface area contributed by atoms with Crippen molar-refractivity contribution in [1.29, 1.82) is 5.26 Å². The third kappa shape index (κ3) is 8.22. The van der Waals surface area contributed by atoms with Gasteiger partial charge in [0.2, 0.25) is 0 Å². The molecule has 0 spiro atoms. The predicted molar refractivity (Wildman–Crippen MR) is 157 cm³/mol. The number of likely N-dealkylation sites (tertiary alicyclic amines) is 1. The number of amides is 1. The minimum atomic E-state index is -0.261. The van der Waals surface area contributed by atoms with Crippen molar-refractivity contribution in [2.24, 2.45) is 15.9 Å². The van der Waals surface area contributed by atoms with Gasteiger partial charge in [-0.1, -0.05) is 18.2 Å². The van der Waals surface area contributed by atoms with Crippen LogP contribution in [0.4, 0.5) is 0 Å². The molecule has 2 atom stereocenters. The number of aliphatic imine (C=N–C) groups is 2. The summed E-state index contributed by atoms with van der Waals surface area (Å²) in [6, 6.07) is 13.6. The maximum atomic E-state index is 13.5. The Morgan fingerprint density at radius 1 is 1.34 bits per heavy atom. The smallest absolute Gasteiger partial charge is 0.253 e. The Labute approximate surface area is 234 Å². The van der Waals surface area contributed by atoms with Crippen molar-refractivity contribution < 1.29 is 4.79 Å². The number of allylic oxidation sites excluding steroid dienone is 4. The zero-order chi connectivity index (χ0) is 27.5. The van der Waals surface area contributed by atoms with Crippen molar-refractivity contribution in [3.8, 4) is 6.07 Å². The Balaban J connectivity index is 1.85. The summed E-state index contributed by atoms with van der Waals surface area (Å²) in [5.74, 6) is -0.191. The van der Waals surface area contributed by atoms with Crippen molar-refractivity contribution in [3.05, 3.63) is 87.4 Å². The Hall–Kier alpha value is -3.57. The molecule has 2 heterocycles. The van der Waals surface area contributed by atoms with Crippen molar-refractivity contribution >= 4 is 33.8 Å². The highest BCUT2D eigenvalue weighted by atomic mass is 79.9. The van der Waals surface area contributed by atoms with Gasteiger partial charge in [-0.3, -0.25) is 19.8 Å². The van der Waals surface area contributed by atoms with Crippen LogP contribution in [0.3, 0.4) is 0 Å². The molecular formula is C30H35BrN6O. The number of nitriles is 1. The van der Waals surface area contributed by atoms with Crippen LogP contribution in [0, 0.1) is 17.2 Å². The van der Waals surface area contributed by atoms with E-state index in [2.05, 4.69) is 43.4 Å². The van der Waals surface area contributed by atoms with Gasteiger partial charge in [0.25, 0.3) is 5.91 Å². The molecule has 1 amide bonds. The molecule has 1 aliphatic heterocycles. The van der Waals surface area contributed by atoms with E-state index in [1.807, 2.05) is 68.3 Å². The number of nitrogens with zero attached hydrogens (tertiary/aromatic N) is 5. The quantitative estimate of drug-likeness (QED) is 0.370. The van der Waals surface area contributed by atoms with Crippen molar-refractivity contribution in [2.45, 2.75) is 46.1 Å². The minimum absolute atomic E-state index is 0.0111. The minimum Gasteiger partial charge on any atom is -0.384 e. The van der Waals surface area contributed by atoms with Crippen LogP contribution in [-0.4, -0.2) is 47.9 Å². The van der Waals surface area contributed by atoms with Gasteiger partial charge < -0.3 is 10.2 Å². The number of nitrogens with one attached hydrogen (secondary N) is 1. The van der Waals surface area contributed by atoms with E-state index in [0.29, 0.717) is 25.2 Å². The first-order valence-electron chi connectivity index (χ1n) is 12.8. The Kier molecular flexibility index (Phi) is 11.0.